The van der Waals surface area contributed by atoms with Crippen molar-refractivity contribution in [1.82, 2.24) is 5.43 Å². The zero-order valence-corrected chi connectivity index (χ0v) is 12.7. The van der Waals surface area contributed by atoms with E-state index in [-0.39, 0.29) is 0 Å². The van der Waals surface area contributed by atoms with Crippen molar-refractivity contribution in [3.05, 3.63) is 16.6 Å². The molecular formula is C12H17BrN4O3. The van der Waals surface area contributed by atoms with E-state index in [1.54, 1.807) is 13.2 Å². The lowest BCUT2D eigenvalue weighted by Gasteiger charge is -2.30. The maximum absolute atomic E-state index is 11.3. The van der Waals surface area contributed by atoms with Crippen LogP contribution in [0.1, 0.15) is 0 Å². The molecule has 0 unspecified atom stereocenters. The molecule has 1 saturated heterocycles. The summed E-state index contributed by atoms with van der Waals surface area (Å²) in [6.07, 6.45) is 0. The minimum absolute atomic E-state index is 0.505. The molecule has 0 aromatic heterocycles. The minimum Gasteiger partial charge on any atom is -0.494 e. The molecule has 1 aromatic rings. The lowest BCUT2D eigenvalue weighted by atomic mass is 10.2. The number of carbonyl (C=O) groups excluding carboxylic acids is 1. The zero-order chi connectivity index (χ0) is 14.5. The van der Waals surface area contributed by atoms with E-state index in [1.165, 1.54) is 0 Å². The Labute approximate surface area is 125 Å². The third-order valence-corrected chi connectivity index (χ3v) is 3.64. The number of halogens is 1. The topological polar surface area (TPSA) is 88.9 Å². The molecule has 0 aliphatic carbocycles. The number of rotatable bonds is 3. The quantitative estimate of drug-likeness (QED) is 0.436. The van der Waals surface area contributed by atoms with E-state index in [0.717, 1.165) is 23.2 Å². The normalized spacial score (nSPS) is 14.8. The Morgan fingerprint density at radius 1 is 1.45 bits per heavy atom. The average Bonchev–Trinajstić information content (AvgIpc) is 2.48. The fraction of sp³-hybridized carbons (Fsp3) is 0.417. The predicted molar refractivity (Wildman–Crippen MR) is 80.1 cm³/mol. The second-order valence-electron chi connectivity index (χ2n) is 4.20. The summed E-state index contributed by atoms with van der Waals surface area (Å²) >= 11 is 3.52. The standard InChI is InChI=1S/C12H17BrN4O3/c1-19-11-7-10(17-2-4-20-5-3-17)8(13)6-9(11)15-12(18)16-14/h6-7H,2-5,14H2,1H3,(H2,15,16,18). The van der Waals surface area contributed by atoms with Crippen molar-refractivity contribution in [3.8, 4) is 5.75 Å². The van der Waals surface area contributed by atoms with Crippen LogP contribution >= 0.6 is 15.9 Å². The SMILES string of the molecule is COc1cc(N2CCOCC2)c(Br)cc1NC(=O)NN. The molecule has 2 rings (SSSR count). The summed E-state index contributed by atoms with van der Waals surface area (Å²) in [7, 11) is 1.55. The lowest BCUT2D eigenvalue weighted by Crippen LogP contribution is -2.36. The number of nitrogens with one attached hydrogen (secondary N) is 2. The molecule has 20 heavy (non-hydrogen) atoms. The van der Waals surface area contributed by atoms with Gasteiger partial charge < -0.3 is 19.7 Å². The molecular weight excluding hydrogens is 328 g/mol. The third kappa shape index (κ3) is 3.33. The Balaban J connectivity index is 2.28. The Kier molecular flexibility index (Phi) is 5.05. The summed E-state index contributed by atoms with van der Waals surface area (Å²) in [6.45, 7) is 3.03. The molecule has 1 aliphatic rings. The number of benzene rings is 1. The van der Waals surface area contributed by atoms with Gasteiger partial charge in [0.05, 0.1) is 31.7 Å². The van der Waals surface area contributed by atoms with Crippen molar-refractivity contribution in [3.63, 3.8) is 0 Å². The lowest BCUT2D eigenvalue weighted by molar-refractivity contribution is 0.122. The van der Waals surface area contributed by atoms with Crippen LogP contribution in [-0.2, 0) is 4.74 Å². The fourth-order valence-electron chi connectivity index (χ4n) is 2.01. The predicted octanol–water partition coefficient (Wildman–Crippen LogP) is 1.29. The highest BCUT2D eigenvalue weighted by Crippen LogP contribution is 2.37. The largest absolute Gasteiger partial charge is 0.494 e. The molecule has 0 saturated carbocycles. The van der Waals surface area contributed by atoms with E-state index in [9.17, 15) is 4.79 Å². The zero-order valence-electron chi connectivity index (χ0n) is 11.1. The highest BCUT2D eigenvalue weighted by molar-refractivity contribution is 9.10. The van der Waals surface area contributed by atoms with Gasteiger partial charge in [-0.2, -0.15) is 0 Å². The number of hydrogen-bond donors (Lipinski definition) is 3. The van der Waals surface area contributed by atoms with Crippen LogP contribution in [0.3, 0.4) is 0 Å². The number of morpholine rings is 1. The average molecular weight is 345 g/mol. The second-order valence-corrected chi connectivity index (χ2v) is 5.06. The van der Waals surface area contributed by atoms with Crippen LogP contribution in [0, 0.1) is 0 Å². The van der Waals surface area contributed by atoms with E-state index in [2.05, 4.69) is 26.1 Å². The van der Waals surface area contributed by atoms with Crippen LogP contribution in [-0.4, -0.2) is 39.4 Å². The van der Waals surface area contributed by atoms with Gasteiger partial charge in [0.25, 0.3) is 0 Å². The summed E-state index contributed by atoms with van der Waals surface area (Å²) in [4.78, 5) is 13.5. The number of hydrazine groups is 1. The molecule has 7 nitrogen and oxygen atoms in total. The van der Waals surface area contributed by atoms with Crippen molar-refractivity contribution >= 4 is 33.3 Å². The number of methoxy groups -OCH3 is 1. The van der Waals surface area contributed by atoms with Gasteiger partial charge >= 0.3 is 6.03 Å². The van der Waals surface area contributed by atoms with E-state index in [0.29, 0.717) is 24.7 Å². The van der Waals surface area contributed by atoms with Crippen LogP contribution in [0.2, 0.25) is 0 Å². The first-order valence-corrected chi connectivity index (χ1v) is 6.93. The van der Waals surface area contributed by atoms with Gasteiger partial charge in [-0.15, -0.1) is 0 Å². The van der Waals surface area contributed by atoms with Gasteiger partial charge in [0.2, 0.25) is 0 Å². The molecule has 4 N–H and O–H groups in total. The summed E-state index contributed by atoms with van der Waals surface area (Å²) in [5.41, 5.74) is 3.56. The number of hydrogen-bond acceptors (Lipinski definition) is 5. The Morgan fingerprint density at radius 3 is 2.75 bits per heavy atom. The van der Waals surface area contributed by atoms with Gasteiger partial charge in [0.1, 0.15) is 5.75 Å². The molecule has 1 heterocycles. The highest BCUT2D eigenvalue weighted by Gasteiger charge is 2.17. The first kappa shape index (κ1) is 14.9. The smallest absolute Gasteiger partial charge is 0.333 e. The van der Waals surface area contributed by atoms with Crippen molar-refractivity contribution < 1.29 is 14.3 Å². The van der Waals surface area contributed by atoms with Crippen molar-refractivity contribution in [2.45, 2.75) is 0 Å². The van der Waals surface area contributed by atoms with Crippen molar-refractivity contribution in [2.75, 3.05) is 43.6 Å². The number of anilines is 2. The fourth-order valence-corrected chi connectivity index (χ4v) is 2.61. The van der Waals surface area contributed by atoms with Gasteiger partial charge in [0.15, 0.2) is 0 Å². The summed E-state index contributed by atoms with van der Waals surface area (Å²) in [6, 6.07) is 3.16. The maximum Gasteiger partial charge on any atom is 0.333 e. The van der Waals surface area contributed by atoms with Crippen LogP contribution in [0.15, 0.2) is 16.6 Å². The Hall–Kier alpha value is -1.51. The Morgan fingerprint density at radius 2 is 2.15 bits per heavy atom. The van der Waals surface area contributed by atoms with E-state index in [1.807, 2.05) is 11.5 Å². The van der Waals surface area contributed by atoms with E-state index >= 15 is 0 Å². The summed E-state index contributed by atoms with van der Waals surface area (Å²) in [5.74, 6) is 5.63. The first-order chi connectivity index (χ1) is 9.65. The van der Waals surface area contributed by atoms with Gasteiger partial charge in [-0.05, 0) is 22.0 Å². The van der Waals surface area contributed by atoms with Crippen LogP contribution in [0.5, 0.6) is 5.75 Å². The molecule has 8 heteroatoms. The summed E-state index contributed by atoms with van der Waals surface area (Å²) in [5, 5.41) is 2.61. The highest BCUT2D eigenvalue weighted by atomic mass is 79.9. The van der Waals surface area contributed by atoms with Crippen LogP contribution in [0.25, 0.3) is 0 Å². The number of amides is 2. The minimum atomic E-state index is -0.505. The second kappa shape index (κ2) is 6.78. The van der Waals surface area contributed by atoms with Gasteiger partial charge in [-0.25, -0.2) is 10.6 Å². The van der Waals surface area contributed by atoms with Gasteiger partial charge in [-0.1, -0.05) is 0 Å². The molecule has 1 fully saturated rings. The van der Waals surface area contributed by atoms with Crippen molar-refractivity contribution in [1.29, 1.82) is 0 Å². The number of ether oxygens (including phenoxy) is 2. The molecule has 0 bridgehead atoms. The van der Waals surface area contributed by atoms with Crippen LogP contribution in [0.4, 0.5) is 16.2 Å². The molecule has 1 aliphatic heterocycles. The number of nitrogens with two attached hydrogens (primary N) is 1. The maximum atomic E-state index is 11.3. The monoisotopic (exact) mass is 344 g/mol. The van der Waals surface area contributed by atoms with Gasteiger partial charge in [0, 0.05) is 23.6 Å². The number of urea groups is 1. The molecule has 0 spiro atoms. The van der Waals surface area contributed by atoms with E-state index < -0.39 is 6.03 Å². The first-order valence-electron chi connectivity index (χ1n) is 6.13. The molecule has 0 radical (unpaired) electrons. The number of carbonyl (C=O) groups is 1. The molecule has 1 aromatic carbocycles. The summed E-state index contributed by atoms with van der Waals surface area (Å²) < 4.78 is 11.5. The molecule has 110 valence electrons. The number of nitrogens with zero attached hydrogens (tertiary/aromatic N) is 1. The van der Waals surface area contributed by atoms with Gasteiger partial charge in [-0.3, -0.25) is 5.43 Å². The molecule has 0 atom stereocenters. The van der Waals surface area contributed by atoms with Crippen molar-refractivity contribution in [2.24, 2.45) is 5.84 Å². The molecule has 2 amide bonds. The third-order valence-electron chi connectivity index (χ3n) is 3.00. The van der Waals surface area contributed by atoms with E-state index in [4.69, 9.17) is 15.3 Å². The Bertz CT molecular complexity index is 492. The van der Waals surface area contributed by atoms with Crippen LogP contribution < -0.4 is 26.2 Å².